The van der Waals surface area contributed by atoms with Crippen molar-refractivity contribution < 1.29 is 9.47 Å². The molecule has 0 unspecified atom stereocenters. The van der Waals surface area contributed by atoms with Crippen LogP contribution in [0.3, 0.4) is 0 Å². The summed E-state index contributed by atoms with van der Waals surface area (Å²) in [7, 11) is 3.34. The molecule has 1 fully saturated rings. The van der Waals surface area contributed by atoms with E-state index in [0.29, 0.717) is 0 Å². The fourth-order valence-electron chi connectivity index (χ4n) is 2.48. The molecular formula is C18H18O2. The lowest BCUT2D eigenvalue weighted by Crippen LogP contribution is -1.93. The molecule has 3 rings (SSSR count). The van der Waals surface area contributed by atoms with Gasteiger partial charge in [-0.1, -0.05) is 42.0 Å². The maximum atomic E-state index is 5.42. The molecule has 0 aromatic heterocycles. The molecule has 2 aromatic carbocycles. The summed E-state index contributed by atoms with van der Waals surface area (Å²) in [4.78, 5) is 0. The second-order valence-corrected chi connectivity index (χ2v) is 4.91. The van der Waals surface area contributed by atoms with Crippen molar-refractivity contribution in [2.24, 2.45) is 0 Å². The lowest BCUT2D eigenvalue weighted by atomic mass is 9.96. The highest BCUT2D eigenvalue weighted by Crippen LogP contribution is 2.42. The van der Waals surface area contributed by atoms with E-state index in [1.165, 1.54) is 35.1 Å². The van der Waals surface area contributed by atoms with Crippen molar-refractivity contribution in [1.82, 2.24) is 0 Å². The van der Waals surface area contributed by atoms with Crippen LogP contribution in [-0.2, 0) is 0 Å². The summed E-state index contributed by atoms with van der Waals surface area (Å²) in [5, 5.41) is 0. The van der Waals surface area contributed by atoms with Crippen LogP contribution in [0.2, 0.25) is 0 Å². The average Bonchev–Trinajstić information content (AvgIpc) is 3.33. The van der Waals surface area contributed by atoms with Gasteiger partial charge in [-0.2, -0.15) is 0 Å². The van der Waals surface area contributed by atoms with Gasteiger partial charge in [0.2, 0.25) is 0 Å². The molecule has 0 aliphatic heterocycles. The maximum Gasteiger partial charge on any atom is 0.161 e. The zero-order valence-electron chi connectivity index (χ0n) is 11.8. The molecule has 2 heteroatoms. The van der Waals surface area contributed by atoms with Gasteiger partial charge in [-0.3, -0.25) is 0 Å². The van der Waals surface area contributed by atoms with Crippen LogP contribution in [0.4, 0.5) is 0 Å². The fraction of sp³-hybridized carbons (Fsp3) is 0.222. The normalized spacial score (nSPS) is 13.0. The Labute approximate surface area is 119 Å². The first kappa shape index (κ1) is 12.8. The Morgan fingerprint density at radius 1 is 0.800 bits per heavy atom. The molecule has 0 radical (unpaired) electrons. The lowest BCUT2D eigenvalue weighted by molar-refractivity contribution is 0.355. The molecule has 0 spiro atoms. The number of benzene rings is 2. The van der Waals surface area contributed by atoms with E-state index >= 15 is 0 Å². The number of hydrogen-bond donors (Lipinski definition) is 0. The van der Waals surface area contributed by atoms with Gasteiger partial charge in [0, 0.05) is 0 Å². The summed E-state index contributed by atoms with van der Waals surface area (Å²) in [5.41, 5.74) is 5.32. The van der Waals surface area contributed by atoms with Crippen LogP contribution in [0.25, 0.3) is 5.57 Å². The third-order valence-electron chi connectivity index (χ3n) is 3.59. The predicted molar refractivity (Wildman–Crippen MR) is 81.2 cm³/mol. The van der Waals surface area contributed by atoms with Crippen molar-refractivity contribution in [3.8, 4) is 11.5 Å². The summed E-state index contributed by atoms with van der Waals surface area (Å²) in [6.45, 7) is 0. The smallest absolute Gasteiger partial charge is 0.161 e. The SMILES string of the molecule is COc1ccc(C(=C2CC2)c2ccccc2)cc1OC. The van der Waals surface area contributed by atoms with Crippen LogP contribution < -0.4 is 9.47 Å². The lowest BCUT2D eigenvalue weighted by Gasteiger charge is -2.12. The van der Waals surface area contributed by atoms with E-state index < -0.39 is 0 Å². The average molecular weight is 266 g/mol. The number of methoxy groups -OCH3 is 2. The molecule has 0 N–H and O–H groups in total. The minimum Gasteiger partial charge on any atom is -0.493 e. The Kier molecular flexibility index (Phi) is 3.46. The minimum atomic E-state index is 0.768. The Morgan fingerprint density at radius 2 is 1.50 bits per heavy atom. The maximum absolute atomic E-state index is 5.42. The molecule has 0 atom stereocenters. The van der Waals surface area contributed by atoms with E-state index in [0.717, 1.165) is 11.5 Å². The van der Waals surface area contributed by atoms with E-state index in [2.05, 4.69) is 36.4 Å². The molecule has 1 aliphatic rings. The van der Waals surface area contributed by atoms with Crippen molar-refractivity contribution in [2.75, 3.05) is 14.2 Å². The van der Waals surface area contributed by atoms with Crippen molar-refractivity contribution in [2.45, 2.75) is 12.8 Å². The first-order valence-corrected chi connectivity index (χ1v) is 6.83. The quantitative estimate of drug-likeness (QED) is 0.821. The minimum absolute atomic E-state index is 0.768. The Bertz CT molecular complexity index is 636. The van der Waals surface area contributed by atoms with E-state index in [1.807, 2.05) is 12.1 Å². The van der Waals surface area contributed by atoms with Gasteiger partial charge in [0.15, 0.2) is 11.5 Å². The summed E-state index contributed by atoms with van der Waals surface area (Å²) in [5.74, 6) is 1.55. The van der Waals surface area contributed by atoms with Gasteiger partial charge >= 0.3 is 0 Å². The molecule has 20 heavy (non-hydrogen) atoms. The number of rotatable bonds is 4. The predicted octanol–water partition coefficient (Wildman–Crippen LogP) is 4.30. The zero-order valence-corrected chi connectivity index (χ0v) is 11.8. The molecule has 0 amide bonds. The fourth-order valence-corrected chi connectivity index (χ4v) is 2.48. The van der Waals surface area contributed by atoms with Crippen LogP contribution >= 0.6 is 0 Å². The summed E-state index contributed by atoms with van der Waals surface area (Å²) in [6, 6.07) is 16.7. The van der Waals surface area contributed by atoms with E-state index in [1.54, 1.807) is 14.2 Å². The van der Waals surface area contributed by atoms with Gasteiger partial charge < -0.3 is 9.47 Å². The van der Waals surface area contributed by atoms with Gasteiger partial charge in [-0.25, -0.2) is 0 Å². The first-order chi connectivity index (χ1) is 9.83. The Hall–Kier alpha value is -2.22. The van der Waals surface area contributed by atoms with Crippen LogP contribution in [0, 0.1) is 0 Å². The summed E-state index contributed by atoms with van der Waals surface area (Å²) < 4.78 is 10.7. The number of allylic oxidation sites excluding steroid dienone is 1. The van der Waals surface area contributed by atoms with Crippen molar-refractivity contribution >= 4 is 5.57 Å². The highest BCUT2D eigenvalue weighted by molar-refractivity contribution is 5.84. The van der Waals surface area contributed by atoms with Crippen LogP contribution in [0.5, 0.6) is 11.5 Å². The standard InChI is InChI=1S/C18H18O2/c1-19-16-11-10-15(12-17(16)20-2)18(14-8-9-14)13-6-4-3-5-7-13/h3-7,10-12H,8-9H2,1-2H3. The van der Waals surface area contributed by atoms with E-state index in [4.69, 9.17) is 9.47 Å². The largest absolute Gasteiger partial charge is 0.493 e. The second-order valence-electron chi connectivity index (χ2n) is 4.91. The van der Waals surface area contributed by atoms with Gasteiger partial charge in [0.25, 0.3) is 0 Å². The molecule has 102 valence electrons. The number of ether oxygens (including phenoxy) is 2. The highest BCUT2D eigenvalue weighted by Gasteiger charge is 2.21. The third-order valence-corrected chi connectivity index (χ3v) is 3.59. The topological polar surface area (TPSA) is 18.5 Å². The molecule has 1 aliphatic carbocycles. The first-order valence-electron chi connectivity index (χ1n) is 6.83. The van der Waals surface area contributed by atoms with Crippen molar-refractivity contribution in [3.63, 3.8) is 0 Å². The van der Waals surface area contributed by atoms with Crippen LogP contribution in [0.1, 0.15) is 24.0 Å². The highest BCUT2D eigenvalue weighted by atomic mass is 16.5. The molecular weight excluding hydrogens is 248 g/mol. The second kappa shape index (κ2) is 5.41. The van der Waals surface area contributed by atoms with Gasteiger partial charge in [-0.15, -0.1) is 0 Å². The van der Waals surface area contributed by atoms with E-state index in [-0.39, 0.29) is 0 Å². The zero-order chi connectivity index (χ0) is 13.9. The molecule has 1 saturated carbocycles. The summed E-state index contributed by atoms with van der Waals surface area (Å²) >= 11 is 0. The molecule has 0 saturated heterocycles. The molecule has 2 nitrogen and oxygen atoms in total. The Morgan fingerprint density at radius 3 is 2.10 bits per heavy atom. The van der Waals surface area contributed by atoms with E-state index in [9.17, 15) is 0 Å². The van der Waals surface area contributed by atoms with Gasteiger partial charge in [0.05, 0.1) is 14.2 Å². The third kappa shape index (κ3) is 2.42. The van der Waals surface area contributed by atoms with Crippen LogP contribution in [0.15, 0.2) is 54.1 Å². The summed E-state index contributed by atoms with van der Waals surface area (Å²) in [6.07, 6.45) is 2.39. The molecule has 0 bridgehead atoms. The van der Waals surface area contributed by atoms with Crippen molar-refractivity contribution in [1.29, 1.82) is 0 Å². The molecule has 0 heterocycles. The van der Waals surface area contributed by atoms with Crippen molar-refractivity contribution in [3.05, 3.63) is 65.2 Å². The van der Waals surface area contributed by atoms with Crippen LogP contribution in [-0.4, -0.2) is 14.2 Å². The van der Waals surface area contributed by atoms with Gasteiger partial charge in [-0.05, 0) is 41.7 Å². The number of hydrogen-bond acceptors (Lipinski definition) is 2. The van der Waals surface area contributed by atoms with Gasteiger partial charge in [0.1, 0.15) is 0 Å². The molecule has 2 aromatic rings. The Balaban J connectivity index is 2.09. The monoisotopic (exact) mass is 266 g/mol.